The highest BCUT2D eigenvalue weighted by Crippen LogP contribution is 2.32. The zero-order chi connectivity index (χ0) is 11.7. The number of hydrogen-bond acceptors (Lipinski definition) is 4. The summed E-state index contributed by atoms with van der Waals surface area (Å²) in [5, 5.41) is 9.84. The minimum absolute atomic E-state index is 0.441. The second-order valence-electron chi connectivity index (χ2n) is 3.39. The van der Waals surface area contributed by atoms with Crippen LogP contribution < -0.4 is 11.3 Å². The number of nitrogens with one attached hydrogen (secondary N) is 1. The van der Waals surface area contributed by atoms with Gasteiger partial charge in [-0.05, 0) is 34.5 Å². The maximum atomic E-state index is 8.97. The minimum atomic E-state index is 0.441. The van der Waals surface area contributed by atoms with Gasteiger partial charge >= 0.3 is 0 Å². The van der Waals surface area contributed by atoms with Crippen molar-refractivity contribution >= 4 is 32.5 Å². The summed E-state index contributed by atoms with van der Waals surface area (Å²) in [4.78, 5) is 4.26. The fourth-order valence-corrected chi connectivity index (χ4v) is 2.10. The normalized spacial score (nSPS) is 10.1. The fourth-order valence-electron chi connectivity index (χ4n) is 1.67. The van der Waals surface area contributed by atoms with E-state index >= 15 is 0 Å². The lowest BCUT2D eigenvalue weighted by Crippen LogP contribution is -2.10. The van der Waals surface area contributed by atoms with Crippen LogP contribution in [0.4, 0.5) is 5.69 Å². The topological polar surface area (TPSA) is 74.7 Å². The van der Waals surface area contributed by atoms with E-state index in [9.17, 15) is 0 Å². The van der Waals surface area contributed by atoms with Crippen LogP contribution in [0.25, 0.3) is 10.9 Å². The summed E-state index contributed by atoms with van der Waals surface area (Å²) in [6.45, 7) is 1.96. The van der Waals surface area contributed by atoms with Crippen LogP contribution in [0.3, 0.4) is 0 Å². The number of rotatable bonds is 1. The van der Waals surface area contributed by atoms with E-state index in [1.54, 1.807) is 0 Å². The highest BCUT2D eigenvalue weighted by molar-refractivity contribution is 9.10. The smallest absolute Gasteiger partial charge is 0.103 e. The molecule has 80 valence electrons. The summed E-state index contributed by atoms with van der Waals surface area (Å²) in [7, 11) is 0. The highest BCUT2D eigenvalue weighted by Gasteiger charge is 2.11. The summed E-state index contributed by atoms with van der Waals surface area (Å²) < 4.78 is 0.883. The zero-order valence-electron chi connectivity index (χ0n) is 8.58. The first kappa shape index (κ1) is 10.9. The van der Waals surface area contributed by atoms with Gasteiger partial charge in [-0.1, -0.05) is 6.07 Å². The molecule has 1 aromatic heterocycles. The zero-order valence-corrected chi connectivity index (χ0v) is 10.2. The Labute approximate surface area is 101 Å². The largest absolute Gasteiger partial charge is 0.322 e. The van der Waals surface area contributed by atoms with E-state index in [4.69, 9.17) is 11.1 Å². The van der Waals surface area contributed by atoms with Crippen molar-refractivity contribution in [2.24, 2.45) is 5.84 Å². The predicted molar refractivity (Wildman–Crippen MR) is 66.7 cm³/mol. The Hall–Kier alpha value is -1.64. The molecule has 3 N–H and O–H groups in total. The number of anilines is 1. The standard InChI is InChI=1S/C11H9BrN4/c1-6-2-3-8(12)11-9(6)10(16-14)7(4-13)5-15-11/h2-3,5H,14H2,1H3,(H,15,16). The summed E-state index contributed by atoms with van der Waals surface area (Å²) in [6.07, 6.45) is 1.52. The quantitative estimate of drug-likeness (QED) is 0.620. The molecule has 0 saturated carbocycles. The van der Waals surface area contributed by atoms with Gasteiger partial charge in [0.15, 0.2) is 0 Å². The van der Waals surface area contributed by atoms with Crippen LogP contribution in [-0.2, 0) is 0 Å². The van der Waals surface area contributed by atoms with Gasteiger partial charge in [0, 0.05) is 16.1 Å². The molecule has 2 rings (SSSR count). The molecule has 16 heavy (non-hydrogen) atoms. The van der Waals surface area contributed by atoms with Gasteiger partial charge in [-0.15, -0.1) is 0 Å². The molecule has 2 aromatic rings. The van der Waals surface area contributed by atoms with Crippen molar-refractivity contribution in [1.82, 2.24) is 4.98 Å². The summed E-state index contributed by atoms with van der Waals surface area (Å²) in [5.74, 6) is 5.47. The molecule has 0 fully saturated rings. The molecule has 0 spiro atoms. The van der Waals surface area contributed by atoms with Gasteiger partial charge in [-0.2, -0.15) is 5.26 Å². The summed E-state index contributed by atoms with van der Waals surface area (Å²) in [6, 6.07) is 5.95. The molecule has 0 atom stereocenters. The number of nitrogens with zero attached hydrogens (tertiary/aromatic N) is 2. The van der Waals surface area contributed by atoms with E-state index in [2.05, 4.69) is 32.4 Å². The lowest BCUT2D eigenvalue weighted by atomic mass is 10.1. The second kappa shape index (κ2) is 4.08. The Bertz CT molecular complexity index is 601. The number of hydrazine groups is 1. The number of aryl methyl sites for hydroxylation is 1. The van der Waals surface area contributed by atoms with E-state index < -0.39 is 0 Å². The molecule has 0 unspecified atom stereocenters. The molecule has 1 aromatic carbocycles. The number of pyridine rings is 1. The molecular weight excluding hydrogens is 268 g/mol. The number of nitrogen functional groups attached to an aromatic ring is 1. The van der Waals surface area contributed by atoms with E-state index in [0.717, 1.165) is 20.9 Å². The Balaban J connectivity index is 2.98. The third kappa shape index (κ3) is 1.52. The fraction of sp³-hybridized carbons (Fsp3) is 0.0909. The average molecular weight is 277 g/mol. The van der Waals surface area contributed by atoms with Crippen LogP contribution in [-0.4, -0.2) is 4.98 Å². The van der Waals surface area contributed by atoms with E-state index in [-0.39, 0.29) is 0 Å². The van der Waals surface area contributed by atoms with Crippen LogP contribution in [0.15, 0.2) is 22.8 Å². The molecule has 0 aliphatic rings. The van der Waals surface area contributed by atoms with Crippen molar-refractivity contribution < 1.29 is 0 Å². The van der Waals surface area contributed by atoms with Gasteiger partial charge in [0.05, 0.1) is 16.8 Å². The third-order valence-electron chi connectivity index (χ3n) is 2.44. The Morgan fingerprint density at radius 1 is 1.50 bits per heavy atom. The van der Waals surface area contributed by atoms with Gasteiger partial charge in [0.2, 0.25) is 0 Å². The number of halogens is 1. The number of hydrogen-bond donors (Lipinski definition) is 2. The van der Waals surface area contributed by atoms with Gasteiger partial charge in [0.25, 0.3) is 0 Å². The number of aromatic nitrogens is 1. The van der Waals surface area contributed by atoms with Gasteiger partial charge in [-0.25, -0.2) is 0 Å². The monoisotopic (exact) mass is 276 g/mol. The van der Waals surface area contributed by atoms with E-state index in [0.29, 0.717) is 11.3 Å². The SMILES string of the molecule is Cc1ccc(Br)c2ncc(C#N)c(NN)c12. The molecule has 0 saturated heterocycles. The number of nitriles is 1. The van der Waals surface area contributed by atoms with Crippen molar-refractivity contribution in [3.05, 3.63) is 33.9 Å². The van der Waals surface area contributed by atoms with Crippen molar-refractivity contribution in [2.45, 2.75) is 6.92 Å². The van der Waals surface area contributed by atoms with Crippen molar-refractivity contribution in [3.63, 3.8) is 0 Å². The summed E-state index contributed by atoms with van der Waals surface area (Å²) >= 11 is 3.43. The lowest BCUT2D eigenvalue weighted by Gasteiger charge is -2.10. The molecule has 4 nitrogen and oxygen atoms in total. The predicted octanol–water partition coefficient (Wildman–Crippen LogP) is 2.46. The van der Waals surface area contributed by atoms with Crippen LogP contribution in [0.1, 0.15) is 11.1 Å². The Morgan fingerprint density at radius 2 is 2.25 bits per heavy atom. The maximum absolute atomic E-state index is 8.97. The summed E-state index contributed by atoms with van der Waals surface area (Å²) in [5.41, 5.74) is 5.45. The molecular formula is C11H9BrN4. The first-order chi connectivity index (χ1) is 7.69. The van der Waals surface area contributed by atoms with E-state index in [1.165, 1.54) is 6.20 Å². The minimum Gasteiger partial charge on any atom is -0.322 e. The van der Waals surface area contributed by atoms with Crippen molar-refractivity contribution in [3.8, 4) is 6.07 Å². The molecule has 0 bridgehead atoms. The molecule has 0 radical (unpaired) electrons. The molecule has 5 heteroatoms. The van der Waals surface area contributed by atoms with E-state index in [1.807, 2.05) is 19.1 Å². The first-order valence-electron chi connectivity index (χ1n) is 4.63. The maximum Gasteiger partial charge on any atom is 0.103 e. The molecule has 0 aliphatic carbocycles. The van der Waals surface area contributed by atoms with Gasteiger partial charge in [-0.3, -0.25) is 10.8 Å². The molecule has 1 heterocycles. The lowest BCUT2D eigenvalue weighted by molar-refractivity contribution is 1.29. The van der Waals surface area contributed by atoms with Crippen LogP contribution in [0.2, 0.25) is 0 Å². The van der Waals surface area contributed by atoms with Gasteiger partial charge in [0.1, 0.15) is 6.07 Å². The van der Waals surface area contributed by atoms with Crippen molar-refractivity contribution in [2.75, 3.05) is 5.43 Å². The first-order valence-corrected chi connectivity index (χ1v) is 5.43. The Morgan fingerprint density at radius 3 is 2.88 bits per heavy atom. The highest BCUT2D eigenvalue weighted by atomic mass is 79.9. The van der Waals surface area contributed by atoms with Crippen LogP contribution >= 0.6 is 15.9 Å². The van der Waals surface area contributed by atoms with Crippen LogP contribution in [0, 0.1) is 18.3 Å². The Kier molecular flexibility index (Phi) is 2.77. The second-order valence-corrected chi connectivity index (χ2v) is 4.25. The average Bonchev–Trinajstić information content (AvgIpc) is 2.32. The van der Waals surface area contributed by atoms with Crippen LogP contribution in [0.5, 0.6) is 0 Å². The number of benzene rings is 1. The molecule has 0 amide bonds. The van der Waals surface area contributed by atoms with Gasteiger partial charge < -0.3 is 5.43 Å². The third-order valence-corrected chi connectivity index (χ3v) is 3.08. The number of nitrogens with two attached hydrogens (primary N) is 1. The number of fused-ring (bicyclic) bond motifs is 1. The van der Waals surface area contributed by atoms with Crippen molar-refractivity contribution in [1.29, 1.82) is 5.26 Å². The molecule has 0 aliphatic heterocycles.